The second kappa shape index (κ2) is 8.64. The summed E-state index contributed by atoms with van der Waals surface area (Å²) in [6, 6.07) is 13.6. The van der Waals surface area contributed by atoms with Crippen LogP contribution in [0.5, 0.6) is 0 Å². The summed E-state index contributed by atoms with van der Waals surface area (Å²) in [5.74, 6) is -0.192. The highest BCUT2D eigenvalue weighted by molar-refractivity contribution is 7.89. The van der Waals surface area contributed by atoms with Gasteiger partial charge in [0, 0.05) is 31.4 Å². The van der Waals surface area contributed by atoms with Crippen molar-refractivity contribution < 1.29 is 13.2 Å². The van der Waals surface area contributed by atoms with E-state index in [2.05, 4.69) is 5.32 Å². The summed E-state index contributed by atoms with van der Waals surface area (Å²) in [6.07, 6.45) is 0. The Kier molecular flexibility index (Phi) is 6.77. The van der Waals surface area contributed by atoms with Crippen molar-refractivity contribution in [2.75, 3.05) is 33.0 Å². The number of nitrogens with zero attached hydrogens (tertiary/aromatic N) is 2. The predicted molar refractivity (Wildman–Crippen MR) is 104 cm³/mol. The van der Waals surface area contributed by atoms with Crippen LogP contribution < -0.4 is 5.32 Å². The van der Waals surface area contributed by atoms with Crippen LogP contribution in [0.1, 0.15) is 5.56 Å². The molecule has 0 fully saturated rings. The molecule has 0 saturated carbocycles. The van der Waals surface area contributed by atoms with Crippen molar-refractivity contribution >= 4 is 33.2 Å². The summed E-state index contributed by atoms with van der Waals surface area (Å²) in [7, 11) is 1.29. The van der Waals surface area contributed by atoms with E-state index in [1.807, 2.05) is 36.2 Å². The summed E-state index contributed by atoms with van der Waals surface area (Å²) >= 11 is 6.13. The SMILES string of the molecule is CN(CC(=O)Nc1ccc(S(=O)(=O)N(C)C)cc1)Cc1ccccc1Cl. The van der Waals surface area contributed by atoms with Gasteiger partial charge >= 0.3 is 0 Å². The van der Waals surface area contributed by atoms with E-state index in [1.54, 1.807) is 12.1 Å². The van der Waals surface area contributed by atoms with E-state index < -0.39 is 10.0 Å². The molecule has 2 aromatic carbocycles. The molecule has 0 aliphatic carbocycles. The van der Waals surface area contributed by atoms with E-state index in [0.29, 0.717) is 17.3 Å². The number of halogens is 1. The largest absolute Gasteiger partial charge is 0.325 e. The average Bonchev–Trinajstić information content (AvgIpc) is 2.57. The van der Waals surface area contributed by atoms with Gasteiger partial charge in [0.15, 0.2) is 0 Å². The summed E-state index contributed by atoms with van der Waals surface area (Å²) < 4.78 is 25.2. The number of carbonyl (C=O) groups is 1. The maximum Gasteiger partial charge on any atom is 0.242 e. The van der Waals surface area contributed by atoms with Gasteiger partial charge in [-0.25, -0.2) is 12.7 Å². The average molecular weight is 396 g/mol. The van der Waals surface area contributed by atoms with Gasteiger partial charge < -0.3 is 5.32 Å². The highest BCUT2D eigenvalue weighted by atomic mass is 35.5. The molecule has 0 aliphatic heterocycles. The first-order valence-corrected chi connectivity index (χ1v) is 9.76. The zero-order chi connectivity index (χ0) is 19.3. The Morgan fingerprint density at radius 1 is 1.04 bits per heavy atom. The number of amides is 1. The Balaban J connectivity index is 1.94. The number of carbonyl (C=O) groups excluding carboxylic acids is 1. The van der Waals surface area contributed by atoms with Crippen LogP contribution in [0, 0.1) is 0 Å². The number of benzene rings is 2. The minimum absolute atomic E-state index is 0.177. The Morgan fingerprint density at radius 2 is 1.65 bits per heavy atom. The molecule has 0 saturated heterocycles. The van der Waals surface area contributed by atoms with Crippen molar-refractivity contribution in [2.24, 2.45) is 0 Å². The summed E-state index contributed by atoms with van der Waals surface area (Å²) in [6.45, 7) is 0.732. The number of hydrogen-bond acceptors (Lipinski definition) is 4. The smallest absolute Gasteiger partial charge is 0.242 e. The lowest BCUT2D eigenvalue weighted by Crippen LogP contribution is -2.30. The van der Waals surface area contributed by atoms with Crippen LogP contribution in [0.25, 0.3) is 0 Å². The minimum Gasteiger partial charge on any atom is -0.325 e. The van der Waals surface area contributed by atoms with Crippen LogP contribution in [0.15, 0.2) is 53.4 Å². The van der Waals surface area contributed by atoms with Gasteiger partial charge in [-0.05, 0) is 42.9 Å². The molecule has 1 amide bonds. The van der Waals surface area contributed by atoms with Gasteiger partial charge in [-0.2, -0.15) is 0 Å². The monoisotopic (exact) mass is 395 g/mol. The number of likely N-dealkylation sites (N-methyl/N-ethyl adjacent to an activating group) is 1. The maximum atomic E-state index is 12.2. The number of anilines is 1. The van der Waals surface area contributed by atoms with Crippen molar-refractivity contribution in [1.82, 2.24) is 9.21 Å². The first-order chi connectivity index (χ1) is 12.2. The van der Waals surface area contributed by atoms with E-state index in [0.717, 1.165) is 9.87 Å². The maximum absolute atomic E-state index is 12.2. The fourth-order valence-electron chi connectivity index (χ4n) is 2.34. The molecule has 0 heterocycles. The lowest BCUT2D eigenvalue weighted by atomic mass is 10.2. The molecule has 2 aromatic rings. The van der Waals surface area contributed by atoms with E-state index in [4.69, 9.17) is 11.6 Å². The molecule has 2 rings (SSSR count). The summed E-state index contributed by atoms with van der Waals surface area (Å²) in [5, 5.41) is 3.42. The summed E-state index contributed by atoms with van der Waals surface area (Å²) in [5.41, 5.74) is 1.49. The molecule has 6 nitrogen and oxygen atoms in total. The zero-order valence-electron chi connectivity index (χ0n) is 14.9. The van der Waals surface area contributed by atoms with Gasteiger partial charge in [0.2, 0.25) is 15.9 Å². The molecular formula is C18H22ClN3O3S. The molecule has 1 N–H and O–H groups in total. The lowest BCUT2D eigenvalue weighted by Gasteiger charge is -2.17. The van der Waals surface area contributed by atoms with Crippen molar-refractivity contribution in [3.05, 3.63) is 59.1 Å². The quantitative estimate of drug-likeness (QED) is 0.782. The molecule has 0 radical (unpaired) electrons. The van der Waals surface area contributed by atoms with E-state index in [-0.39, 0.29) is 17.3 Å². The third-order valence-electron chi connectivity index (χ3n) is 3.73. The van der Waals surface area contributed by atoms with Crippen molar-refractivity contribution in [2.45, 2.75) is 11.4 Å². The molecule has 140 valence electrons. The highest BCUT2D eigenvalue weighted by Gasteiger charge is 2.17. The van der Waals surface area contributed by atoms with Gasteiger partial charge in [0.1, 0.15) is 0 Å². The summed E-state index contributed by atoms with van der Waals surface area (Å²) in [4.78, 5) is 14.2. The normalized spacial score (nSPS) is 11.8. The van der Waals surface area contributed by atoms with Crippen LogP contribution in [0.2, 0.25) is 5.02 Å². The van der Waals surface area contributed by atoms with E-state index >= 15 is 0 Å². The van der Waals surface area contributed by atoms with Crippen LogP contribution in [0.3, 0.4) is 0 Å². The Bertz CT molecular complexity index is 868. The molecule has 0 bridgehead atoms. The van der Waals surface area contributed by atoms with Crippen LogP contribution >= 0.6 is 11.6 Å². The molecule has 0 aromatic heterocycles. The van der Waals surface area contributed by atoms with Crippen molar-refractivity contribution in [1.29, 1.82) is 0 Å². The lowest BCUT2D eigenvalue weighted by molar-refractivity contribution is -0.117. The van der Waals surface area contributed by atoms with Gasteiger partial charge in [-0.1, -0.05) is 29.8 Å². The fraction of sp³-hybridized carbons (Fsp3) is 0.278. The van der Waals surface area contributed by atoms with Gasteiger partial charge in [-0.15, -0.1) is 0 Å². The Morgan fingerprint density at radius 3 is 2.23 bits per heavy atom. The van der Waals surface area contributed by atoms with Crippen LogP contribution in [0.4, 0.5) is 5.69 Å². The van der Waals surface area contributed by atoms with E-state index in [9.17, 15) is 13.2 Å². The topological polar surface area (TPSA) is 69.7 Å². The molecular weight excluding hydrogens is 374 g/mol. The number of sulfonamides is 1. The van der Waals surface area contributed by atoms with Gasteiger partial charge in [-0.3, -0.25) is 9.69 Å². The third kappa shape index (κ3) is 5.28. The van der Waals surface area contributed by atoms with Gasteiger partial charge in [0.25, 0.3) is 0 Å². The molecule has 8 heteroatoms. The zero-order valence-corrected chi connectivity index (χ0v) is 16.5. The first-order valence-electron chi connectivity index (χ1n) is 7.94. The van der Waals surface area contributed by atoms with Gasteiger partial charge in [0.05, 0.1) is 11.4 Å². The second-order valence-electron chi connectivity index (χ2n) is 6.12. The first kappa shape index (κ1) is 20.4. The second-order valence-corrected chi connectivity index (χ2v) is 8.68. The Hall–Kier alpha value is -1.93. The highest BCUT2D eigenvalue weighted by Crippen LogP contribution is 2.18. The van der Waals surface area contributed by atoms with Crippen molar-refractivity contribution in [3.63, 3.8) is 0 Å². The minimum atomic E-state index is -3.48. The molecule has 0 unspecified atom stereocenters. The van der Waals surface area contributed by atoms with Crippen LogP contribution in [-0.4, -0.2) is 51.2 Å². The molecule has 0 aliphatic rings. The molecule has 26 heavy (non-hydrogen) atoms. The third-order valence-corrected chi connectivity index (χ3v) is 5.93. The molecule has 0 spiro atoms. The van der Waals surface area contributed by atoms with Crippen LogP contribution in [-0.2, 0) is 21.4 Å². The number of hydrogen-bond donors (Lipinski definition) is 1. The number of rotatable bonds is 7. The molecule has 0 atom stereocenters. The Labute approximate surface area is 159 Å². The number of nitrogens with one attached hydrogen (secondary N) is 1. The van der Waals surface area contributed by atoms with E-state index in [1.165, 1.54) is 26.2 Å². The standard InChI is InChI=1S/C18H22ClN3O3S/c1-21(2)26(24,25)16-10-8-15(9-11-16)20-18(23)13-22(3)12-14-6-4-5-7-17(14)19/h4-11H,12-13H2,1-3H3,(H,20,23). The predicted octanol–water partition coefficient (Wildman–Crippen LogP) is 2.66. The van der Waals surface area contributed by atoms with Crippen molar-refractivity contribution in [3.8, 4) is 0 Å². The fourth-order valence-corrected chi connectivity index (χ4v) is 3.44.